The number of fused-ring (bicyclic) bond motifs is 1. The second-order valence-corrected chi connectivity index (χ2v) is 11.2. The number of para-hydroxylation sites is 3. The molecule has 5 N–H and O–H groups in total. The number of amides is 1. The quantitative estimate of drug-likeness (QED) is 0.121. The van der Waals surface area contributed by atoms with E-state index in [9.17, 15) is 4.79 Å². The predicted molar refractivity (Wildman–Crippen MR) is 174 cm³/mol. The summed E-state index contributed by atoms with van der Waals surface area (Å²) in [4.78, 5) is 23.7. The Hall–Kier alpha value is -4.96. The number of hydrogen-bond acceptors (Lipinski definition) is 8. The highest BCUT2D eigenvalue weighted by atomic mass is 16.5. The number of rotatable bonds is 11. The van der Waals surface area contributed by atoms with Crippen LogP contribution in [-0.4, -0.2) is 50.2 Å². The minimum Gasteiger partial charge on any atom is -0.457 e. The molecule has 3 heterocycles. The van der Waals surface area contributed by atoms with E-state index in [1.54, 1.807) is 6.07 Å². The van der Waals surface area contributed by atoms with Crippen LogP contribution in [0.4, 0.5) is 17.2 Å². The third-order valence-electron chi connectivity index (χ3n) is 8.06. The van der Waals surface area contributed by atoms with Gasteiger partial charge in [0.1, 0.15) is 29.3 Å². The van der Waals surface area contributed by atoms with E-state index in [4.69, 9.17) is 21.3 Å². The van der Waals surface area contributed by atoms with Crippen molar-refractivity contribution in [3.05, 3.63) is 85.2 Å². The highest BCUT2D eigenvalue weighted by Gasteiger charge is 2.26. The average molecular weight is 591 g/mol. The van der Waals surface area contributed by atoms with Gasteiger partial charge >= 0.3 is 0 Å². The predicted octanol–water partition coefficient (Wildman–Crippen LogP) is 6.29. The summed E-state index contributed by atoms with van der Waals surface area (Å²) in [6.07, 6.45) is 6.96. The second-order valence-electron chi connectivity index (χ2n) is 11.2. The fraction of sp³-hybridized carbons (Fsp3) is 0.294. The number of anilines is 3. The van der Waals surface area contributed by atoms with E-state index < -0.39 is 0 Å². The van der Waals surface area contributed by atoms with Crippen LogP contribution in [0.1, 0.15) is 44.6 Å². The molecule has 1 fully saturated rings. The SMILES string of the molecule is Nc1ccccc1NC(=O)CCCCCN1CCCC(n2nc(-c3ccc(Oc4ccccc4)cc3)c3c(N)ncnc32)C1. The molecule has 1 saturated heterocycles. The lowest BCUT2D eigenvalue weighted by molar-refractivity contribution is -0.116. The lowest BCUT2D eigenvalue weighted by atomic mass is 10.0. The lowest BCUT2D eigenvalue weighted by Crippen LogP contribution is -2.37. The van der Waals surface area contributed by atoms with Gasteiger partial charge in [0, 0.05) is 18.5 Å². The average Bonchev–Trinajstić information content (AvgIpc) is 3.44. The molecule has 1 amide bonds. The molecular formula is C34H38N8O2. The van der Waals surface area contributed by atoms with E-state index in [1.807, 2.05) is 77.5 Å². The maximum absolute atomic E-state index is 12.3. The number of hydrogen-bond donors (Lipinski definition) is 3. The Balaban J connectivity index is 1.07. The molecule has 0 saturated carbocycles. The number of unbranched alkanes of at least 4 members (excludes halogenated alkanes) is 2. The van der Waals surface area contributed by atoms with Crippen LogP contribution in [-0.2, 0) is 4.79 Å². The Morgan fingerprint density at radius 2 is 1.68 bits per heavy atom. The maximum Gasteiger partial charge on any atom is 0.224 e. The zero-order chi connectivity index (χ0) is 30.3. The van der Waals surface area contributed by atoms with Gasteiger partial charge in [0.2, 0.25) is 5.91 Å². The number of nitrogens with two attached hydrogens (primary N) is 2. The molecule has 3 aromatic carbocycles. The molecule has 6 rings (SSSR count). The topological polar surface area (TPSA) is 137 Å². The number of nitrogens with zero attached hydrogens (tertiary/aromatic N) is 5. The van der Waals surface area contributed by atoms with Gasteiger partial charge in [-0.1, -0.05) is 36.8 Å². The standard InChI is InChI=1S/C34H38N8O2/c35-28-13-6-7-14-29(28)39-30(43)15-5-2-8-20-41-21-9-10-25(22-41)42-34-31(33(36)37-23-38-34)32(40-42)24-16-18-27(19-17-24)44-26-11-3-1-4-12-26/h1,3-4,6-7,11-14,16-19,23,25H,2,5,8-10,15,20-22,35H2,(H,39,43)(H2,36,37,38). The summed E-state index contributed by atoms with van der Waals surface area (Å²) in [7, 11) is 0. The van der Waals surface area contributed by atoms with Crippen molar-refractivity contribution in [3.8, 4) is 22.8 Å². The first-order chi connectivity index (χ1) is 21.5. The number of aromatic nitrogens is 4. The largest absolute Gasteiger partial charge is 0.457 e. The van der Waals surface area contributed by atoms with Crippen LogP contribution < -0.4 is 21.5 Å². The number of carbonyl (C=O) groups excluding carboxylic acids is 1. The fourth-order valence-electron chi connectivity index (χ4n) is 5.81. The number of ether oxygens (including phenoxy) is 1. The smallest absolute Gasteiger partial charge is 0.224 e. The Bertz CT molecular complexity index is 1700. The van der Waals surface area contributed by atoms with Crippen LogP contribution in [0.25, 0.3) is 22.3 Å². The van der Waals surface area contributed by atoms with E-state index in [0.717, 1.165) is 85.5 Å². The Morgan fingerprint density at radius 1 is 0.909 bits per heavy atom. The molecule has 10 nitrogen and oxygen atoms in total. The summed E-state index contributed by atoms with van der Waals surface area (Å²) in [5.74, 6) is 1.96. The molecule has 226 valence electrons. The van der Waals surface area contributed by atoms with Crippen molar-refractivity contribution in [2.24, 2.45) is 0 Å². The van der Waals surface area contributed by atoms with Crippen LogP contribution >= 0.6 is 0 Å². The van der Waals surface area contributed by atoms with Crippen molar-refractivity contribution in [1.29, 1.82) is 0 Å². The summed E-state index contributed by atoms with van der Waals surface area (Å²) in [5.41, 5.74) is 16.0. The van der Waals surface area contributed by atoms with Gasteiger partial charge in [-0.15, -0.1) is 0 Å². The van der Waals surface area contributed by atoms with Gasteiger partial charge < -0.3 is 26.4 Å². The van der Waals surface area contributed by atoms with Crippen molar-refractivity contribution in [1.82, 2.24) is 24.6 Å². The maximum atomic E-state index is 12.3. The summed E-state index contributed by atoms with van der Waals surface area (Å²) >= 11 is 0. The summed E-state index contributed by atoms with van der Waals surface area (Å²) in [5, 5.41) is 8.76. The monoisotopic (exact) mass is 590 g/mol. The number of nitrogen functional groups attached to an aromatic ring is 2. The molecule has 1 aliphatic rings. The molecular weight excluding hydrogens is 552 g/mol. The van der Waals surface area contributed by atoms with Crippen molar-refractivity contribution in [2.45, 2.75) is 44.6 Å². The number of benzene rings is 3. The Kier molecular flexibility index (Phi) is 8.98. The molecule has 0 aliphatic carbocycles. The zero-order valence-electron chi connectivity index (χ0n) is 24.7. The summed E-state index contributed by atoms with van der Waals surface area (Å²) < 4.78 is 8.02. The molecule has 10 heteroatoms. The summed E-state index contributed by atoms with van der Waals surface area (Å²) in [6, 6.07) is 25.1. The Labute approximate surface area is 257 Å². The molecule has 0 bridgehead atoms. The van der Waals surface area contributed by atoms with E-state index in [0.29, 0.717) is 23.6 Å². The van der Waals surface area contributed by atoms with E-state index in [1.165, 1.54) is 6.33 Å². The van der Waals surface area contributed by atoms with Gasteiger partial charge in [0.15, 0.2) is 5.65 Å². The molecule has 1 aliphatic heterocycles. The number of piperidine rings is 1. The second kappa shape index (κ2) is 13.6. The third-order valence-corrected chi connectivity index (χ3v) is 8.06. The molecule has 2 aromatic heterocycles. The van der Waals surface area contributed by atoms with Gasteiger partial charge in [-0.05, 0) is 87.3 Å². The minimum absolute atomic E-state index is 0.00178. The van der Waals surface area contributed by atoms with Gasteiger partial charge in [0.05, 0.1) is 22.8 Å². The molecule has 1 unspecified atom stereocenters. The van der Waals surface area contributed by atoms with Crippen LogP contribution in [0.2, 0.25) is 0 Å². The van der Waals surface area contributed by atoms with E-state index in [2.05, 4.69) is 20.2 Å². The van der Waals surface area contributed by atoms with Gasteiger partial charge in [-0.3, -0.25) is 4.79 Å². The molecule has 1 atom stereocenters. The van der Waals surface area contributed by atoms with Gasteiger partial charge in [-0.25, -0.2) is 14.6 Å². The molecule has 0 radical (unpaired) electrons. The zero-order valence-corrected chi connectivity index (χ0v) is 24.7. The van der Waals surface area contributed by atoms with Crippen LogP contribution in [0, 0.1) is 0 Å². The highest BCUT2D eigenvalue weighted by Crippen LogP contribution is 2.35. The Morgan fingerprint density at radius 3 is 2.50 bits per heavy atom. The first-order valence-corrected chi connectivity index (χ1v) is 15.2. The first kappa shape index (κ1) is 29.1. The first-order valence-electron chi connectivity index (χ1n) is 15.2. The van der Waals surface area contributed by atoms with Gasteiger partial charge in [0.25, 0.3) is 0 Å². The summed E-state index contributed by atoms with van der Waals surface area (Å²) in [6.45, 7) is 2.92. The third kappa shape index (κ3) is 6.81. The molecule has 0 spiro atoms. The number of likely N-dealkylation sites (tertiary alicyclic amines) is 1. The van der Waals surface area contributed by atoms with Crippen molar-refractivity contribution in [2.75, 3.05) is 36.4 Å². The lowest BCUT2D eigenvalue weighted by Gasteiger charge is -2.33. The fourth-order valence-corrected chi connectivity index (χ4v) is 5.81. The minimum atomic E-state index is 0.00178. The van der Waals surface area contributed by atoms with E-state index in [-0.39, 0.29) is 11.9 Å². The molecule has 44 heavy (non-hydrogen) atoms. The number of carbonyl (C=O) groups is 1. The normalized spacial score (nSPS) is 15.3. The van der Waals surface area contributed by atoms with Crippen LogP contribution in [0.15, 0.2) is 85.2 Å². The van der Waals surface area contributed by atoms with Gasteiger partial charge in [-0.2, -0.15) is 5.10 Å². The van der Waals surface area contributed by atoms with Crippen molar-refractivity contribution >= 4 is 34.1 Å². The van der Waals surface area contributed by atoms with E-state index >= 15 is 0 Å². The molecule has 5 aromatic rings. The van der Waals surface area contributed by atoms with Crippen LogP contribution in [0.5, 0.6) is 11.5 Å². The number of nitrogens with one attached hydrogen (secondary N) is 1. The van der Waals surface area contributed by atoms with Crippen molar-refractivity contribution in [3.63, 3.8) is 0 Å². The van der Waals surface area contributed by atoms with Crippen molar-refractivity contribution < 1.29 is 9.53 Å². The highest BCUT2D eigenvalue weighted by molar-refractivity contribution is 5.98. The van der Waals surface area contributed by atoms with Crippen LogP contribution in [0.3, 0.4) is 0 Å².